The molecule has 2 aliphatic heterocycles. The second kappa shape index (κ2) is 26.5. The Balaban J connectivity index is 0.00000784. The Morgan fingerprint density at radius 2 is 0.662 bits per heavy atom. The molecule has 0 aromatic carbocycles. The Bertz CT molecular complexity index is 3250. The number of aryl methyl sites for hydroxylation is 4. The quantitative estimate of drug-likeness (QED) is 0.0216. The summed E-state index contributed by atoms with van der Waals surface area (Å²) in [7, 11) is 0. The average Bonchev–Trinajstić information content (AvgIpc) is 4.24. The molecule has 9 heterocycles. The number of rotatable bonds is 24. The average molecular weight is 1100 g/mol. The van der Waals surface area contributed by atoms with Crippen LogP contribution >= 0.6 is 0 Å². The summed E-state index contributed by atoms with van der Waals surface area (Å²) in [6, 6.07) is 7.93. The maximum absolute atomic E-state index is 12.1. The second-order valence-corrected chi connectivity index (χ2v) is 18.6. The smallest absolute Gasteiger partial charge is 0.466 e. The zero-order valence-corrected chi connectivity index (χ0v) is 47.4. The van der Waals surface area contributed by atoms with Gasteiger partial charge >= 0.3 is 43.4 Å². The van der Waals surface area contributed by atoms with Gasteiger partial charge in [0.25, 0.3) is 0 Å². The van der Waals surface area contributed by atoms with Gasteiger partial charge in [0.05, 0.1) is 71.6 Å². The van der Waals surface area contributed by atoms with Crippen LogP contribution in [0.1, 0.15) is 105 Å². The van der Waals surface area contributed by atoms with E-state index in [0.717, 1.165) is 69.5 Å². The molecule has 9 rings (SSSR count). The third kappa shape index (κ3) is 13.7. The van der Waals surface area contributed by atoms with Gasteiger partial charge in [-0.1, -0.05) is 0 Å². The number of aromatic nitrogens is 12. The van der Waals surface area contributed by atoms with Gasteiger partial charge in [0.2, 0.25) is 0 Å². The molecule has 21 heteroatoms. The van der Waals surface area contributed by atoms with Crippen LogP contribution in [0, 0.1) is 0 Å². The Morgan fingerprint density at radius 1 is 0.377 bits per heavy atom. The standard InChI is InChI=1S/C56H64N12O8.Zn/c1-5-73-45(69)17-9-13-25-65-29-21-37-41(33-65)53-57-49(37)62-54-43-35-67(27-15-11-19-47(71)75-7-3)31-23-39(43)51(59-54)64-56-44-36-68(28-16-12-20-48(72)76-8-4)32-24-40(44)52(60-56)63-55-42-34-66(26-14-10-18-46(70)74-6-2)30-22-38(42)50(58-55)61-53;/h21-24,29-36H,5-20,25-28H2,1-4H3;/q2*+2. The van der Waals surface area contributed by atoms with Gasteiger partial charge in [-0.05, 0) is 53.4 Å². The summed E-state index contributed by atoms with van der Waals surface area (Å²) in [5.41, 5.74) is 4.65. The van der Waals surface area contributed by atoms with Crippen LogP contribution in [0.2, 0.25) is 0 Å². The number of hydrogen-bond acceptors (Lipinski definition) is 14. The summed E-state index contributed by atoms with van der Waals surface area (Å²) in [5, 5.41) is 3.00. The van der Waals surface area contributed by atoms with Gasteiger partial charge < -0.3 is 48.9 Å². The number of ether oxygens (including phenoxy) is 4. The minimum absolute atomic E-state index is 0. The van der Waals surface area contributed by atoms with E-state index in [-0.39, 0.29) is 43.4 Å². The van der Waals surface area contributed by atoms with Gasteiger partial charge in [0.15, 0.2) is 49.6 Å². The van der Waals surface area contributed by atoms with Crippen LogP contribution in [-0.4, -0.2) is 80.2 Å². The molecule has 77 heavy (non-hydrogen) atoms. The third-order valence-corrected chi connectivity index (χ3v) is 13.1. The van der Waals surface area contributed by atoms with E-state index in [9.17, 15) is 19.2 Å². The molecular weight excluding hydrogens is 1030 g/mol. The van der Waals surface area contributed by atoms with Crippen LogP contribution in [0.25, 0.3) is 89.7 Å². The predicted molar refractivity (Wildman–Crippen MR) is 277 cm³/mol. The molecular formula is C56H64N12O8Zn+4. The van der Waals surface area contributed by atoms with Gasteiger partial charge in [-0.25, -0.2) is 28.2 Å². The van der Waals surface area contributed by atoms with E-state index in [1.54, 1.807) is 27.7 Å². The molecule has 0 spiro atoms. The topological polar surface area (TPSA) is 226 Å². The third-order valence-electron chi connectivity index (χ3n) is 13.1. The van der Waals surface area contributed by atoms with E-state index in [1.807, 2.05) is 73.8 Å². The zero-order chi connectivity index (χ0) is 53.0. The van der Waals surface area contributed by atoms with Crippen LogP contribution in [0.4, 0.5) is 0 Å². The van der Waals surface area contributed by atoms with Crippen molar-refractivity contribution in [2.45, 2.75) is 131 Å². The Labute approximate surface area is 458 Å². The summed E-state index contributed by atoms with van der Waals surface area (Å²) < 4.78 is 28.9. The van der Waals surface area contributed by atoms with E-state index in [1.165, 1.54) is 0 Å². The van der Waals surface area contributed by atoms with Crippen molar-refractivity contribution in [2.24, 2.45) is 0 Å². The summed E-state index contributed by atoms with van der Waals surface area (Å²) in [4.78, 5) is 89.8. The number of nitrogens with zero attached hydrogens (tertiary/aromatic N) is 12. The SMILES string of the molecule is CCOC(=O)CCCC[n+]1ccc2c(c1)-c1nc-2nc2[n-]c(nc3nc(nc4[n-]c(n1)c1cc[n+](CCCCC(=O)OCC)cc41)-c1cc[n+](CCCCC(=O)OCC)cc1-3)c1cc[n+](CCCCC(=O)OCC)cc21.[Zn+2]. The maximum Gasteiger partial charge on any atom is 2.00 e. The molecule has 0 saturated heterocycles. The van der Waals surface area contributed by atoms with Crippen LogP contribution in [0.15, 0.2) is 73.8 Å². The molecule has 0 radical (unpaired) electrons. The van der Waals surface area contributed by atoms with Crippen LogP contribution < -0.4 is 28.2 Å². The molecule has 0 fully saturated rings. The normalized spacial score (nSPS) is 11.5. The number of pyridine rings is 4. The van der Waals surface area contributed by atoms with Crippen molar-refractivity contribution in [1.82, 2.24) is 39.9 Å². The number of hydrogen-bond donors (Lipinski definition) is 0. The molecule has 0 N–H and O–H groups in total. The summed E-state index contributed by atoms with van der Waals surface area (Å²) >= 11 is 0. The first-order valence-corrected chi connectivity index (χ1v) is 26.6. The van der Waals surface area contributed by atoms with E-state index >= 15 is 0 Å². The van der Waals surface area contributed by atoms with Crippen molar-refractivity contribution >= 4 is 68.0 Å². The van der Waals surface area contributed by atoms with E-state index in [4.69, 9.17) is 58.8 Å². The van der Waals surface area contributed by atoms with E-state index in [2.05, 4.69) is 18.3 Å². The van der Waals surface area contributed by atoms with Crippen LogP contribution in [0.3, 0.4) is 0 Å². The van der Waals surface area contributed by atoms with Crippen molar-refractivity contribution in [3.05, 3.63) is 73.8 Å². The van der Waals surface area contributed by atoms with Gasteiger partial charge in [-0.15, -0.1) is 0 Å². The maximum atomic E-state index is 12.1. The van der Waals surface area contributed by atoms with Crippen LogP contribution in [0.5, 0.6) is 0 Å². The first-order chi connectivity index (χ1) is 37.1. The van der Waals surface area contributed by atoms with E-state index < -0.39 is 0 Å². The fourth-order valence-corrected chi connectivity index (χ4v) is 9.36. The first-order valence-electron chi connectivity index (χ1n) is 26.6. The molecule has 20 nitrogen and oxygen atoms in total. The van der Waals surface area contributed by atoms with Gasteiger partial charge in [-0.3, -0.25) is 19.2 Å². The molecule has 2 aliphatic rings. The summed E-state index contributed by atoms with van der Waals surface area (Å²) in [6.45, 7) is 11.2. The Morgan fingerprint density at radius 3 is 0.987 bits per heavy atom. The van der Waals surface area contributed by atoms with Crippen molar-refractivity contribution in [3.8, 4) is 45.6 Å². The molecule has 0 unspecified atom stereocenters. The summed E-state index contributed by atoms with van der Waals surface area (Å²) in [5.74, 6) is 0.817. The molecule has 0 aliphatic carbocycles. The molecule has 394 valence electrons. The fourth-order valence-electron chi connectivity index (χ4n) is 9.36. The molecule has 0 atom stereocenters. The van der Waals surface area contributed by atoms with Crippen LogP contribution in [-0.2, 0) is 83.8 Å². The molecule has 7 aromatic rings. The molecule has 7 aromatic heterocycles. The monoisotopic (exact) mass is 1100 g/mol. The van der Waals surface area contributed by atoms with Gasteiger partial charge in [-0.2, -0.15) is 0 Å². The Kier molecular flexibility index (Phi) is 19.2. The molecule has 0 saturated carbocycles. The number of carbonyl (C=O) groups excluding carboxylic acids is 4. The fraction of sp³-hybridized carbons (Fsp3) is 0.429. The second-order valence-electron chi connectivity index (χ2n) is 18.6. The first kappa shape index (κ1) is 55.7. The van der Waals surface area contributed by atoms with Gasteiger partial charge in [0.1, 0.15) is 26.2 Å². The minimum Gasteiger partial charge on any atom is -0.466 e. The van der Waals surface area contributed by atoms with E-state index in [0.29, 0.717) is 150 Å². The largest absolute Gasteiger partial charge is 2.00 e. The number of unbranched alkanes of at least 4 members (excludes halogenated alkanes) is 4. The van der Waals surface area contributed by atoms with Crippen molar-refractivity contribution in [3.63, 3.8) is 0 Å². The summed E-state index contributed by atoms with van der Waals surface area (Å²) in [6.07, 6.45) is 23.0. The van der Waals surface area contributed by atoms with Crippen molar-refractivity contribution in [1.29, 1.82) is 0 Å². The van der Waals surface area contributed by atoms with Crippen molar-refractivity contribution < 1.29 is 75.9 Å². The zero-order valence-electron chi connectivity index (χ0n) is 44.4. The van der Waals surface area contributed by atoms with Gasteiger partial charge in [0, 0.05) is 120 Å². The predicted octanol–water partition coefficient (Wildman–Crippen LogP) is 6.21. The Hall–Kier alpha value is -7.54. The number of carbonyl (C=O) groups is 4. The number of esters is 4. The molecule has 0 amide bonds. The number of fused-ring (bicyclic) bond motifs is 20. The van der Waals surface area contributed by atoms with Crippen molar-refractivity contribution in [2.75, 3.05) is 26.4 Å². The molecule has 8 bridgehead atoms. The minimum atomic E-state index is -0.207.